The Morgan fingerprint density at radius 1 is 1.15 bits per heavy atom. The van der Waals surface area contributed by atoms with Crippen LogP contribution >= 0.6 is 11.6 Å². The van der Waals surface area contributed by atoms with Crippen molar-refractivity contribution >= 4 is 23.2 Å². The highest BCUT2D eigenvalue weighted by Gasteiger charge is 2.39. The van der Waals surface area contributed by atoms with E-state index < -0.39 is 41.1 Å². The second-order valence-electron chi connectivity index (χ2n) is 7.50. The van der Waals surface area contributed by atoms with Gasteiger partial charge in [0.1, 0.15) is 16.7 Å². The summed E-state index contributed by atoms with van der Waals surface area (Å²) in [6.45, 7) is 0.995. The maximum atomic E-state index is 14.7. The van der Waals surface area contributed by atoms with Crippen molar-refractivity contribution in [2.75, 3.05) is 18.5 Å². The zero-order valence-corrected chi connectivity index (χ0v) is 17.9. The maximum absolute atomic E-state index is 14.7. The maximum Gasteiger partial charge on any atom is 0.328 e. The molecule has 0 aliphatic carbocycles. The van der Waals surface area contributed by atoms with Crippen molar-refractivity contribution in [3.63, 3.8) is 0 Å². The van der Waals surface area contributed by atoms with Gasteiger partial charge in [0.05, 0.1) is 37.6 Å². The molecule has 0 unspecified atom stereocenters. The molecule has 11 heteroatoms. The molecule has 1 aliphatic rings. The predicted molar refractivity (Wildman–Crippen MR) is 115 cm³/mol. The van der Waals surface area contributed by atoms with E-state index in [0.29, 0.717) is 12.7 Å². The standard InChI is InChI=1S/C22H19ClF3N3O4/c23-19-18(20(31)29-7-9-33-8-6-28(19)29)14-10-16(17(30)11-15(14)24)27-21(32)22(25,26)12-13-4-2-1-3-5-13/h1-5,10-11,30H,6-9,12H2,(H,27,32). The lowest BCUT2D eigenvalue weighted by atomic mass is 10.1. The first-order valence-corrected chi connectivity index (χ1v) is 10.4. The third-order valence-electron chi connectivity index (χ3n) is 5.27. The van der Waals surface area contributed by atoms with Gasteiger partial charge in [-0.3, -0.25) is 14.3 Å². The van der Waals surface area contributed by atoms with Crippen LogP contribution in [-0.2, 0) is 29.0 Å². The van der Waals surface area contributed by atoms with Gasteiger partial charge in [0, 0.05) is 18.1 Å². The van der Waals surface area contributed by atoms with Crippen molar-refractivity contribution in [1.82, 2.24) is 9.36 Å². The van der Waals surface area contributed by atoms with E-state index in [-0.39, 0.29) is 41.5 Å². The van der Waals surface area contributed by atoms with Crippen molar-refractivity contribution in [3.05, 3.63) is 69.4 Å². The number of hydrogen-bond acceptors (Lipinski definition) is 4. The van der Waals surface area contributed by atoms with E-state index in [2.05, 4.69) is 0 Å². The predicted octanol–water partition coefficient (Wildman–Crippen LogP) is 3.66. The number of aromatic hydroxyl groups is 1. The molecular weight excluding hydrogens is 463 g/mol. The summed E-state index contributed by atoms with van der Waals surface area (Å²) < 4.78 is 51.7. The SMILES string of the molecule is O=C(Nc1cc(-c2c(Cl)n3n(c2=O)CCOCC3)c(F)cc1O)C(F)(F)Cc1ccccc1. The molecule has 2 aromatic carbocycles. The summed E-state index contributed by atoms with van der Waals surface area (Å²) in [6, 6.07) is 9.23. The first kappa shape index (κ1) is 22.9. The smallest absolute Gasteiger partial charge is 0.328 e. The normalized spacial score (nSPS) is 13.9. The van der Waals surface area contributed by atoms with E-state index in [0.717, 1.165) is 6.07 Å². The number of nitrogens with one attached hydrogen (secondary N) is 1. The van der Waals surface area contributed by atoms with Crippen LogP contribution in [0.3, 0.4) is 0 Å². The van der Waals surface area contributed by atoms with Crippen molar-refractivity contribution in [2.45, 2.75) is 25.4 Å². The summed E-state index contributed by atoms with van der Waals surface area (Å²) >= 11 is 6.34. The van der Waals surface area contributed by atoms with Crippen molar-refractivity contribution in [2.24, 2.45) is 0 Å². The second kappa shape index (κ2) is 8.95. The fourth-order valence-corrected chi connectivity index (χ4v) is 3.99. The number of nitrogens with zero attached hydrogens (tertiary/aromatic N) is 2. The number of benzene rings is 2. The minimum Gasteiger partial charge on any atom is -0.506 e. The van der Waals surface area contributed by atoms with Crippen LogP contribution in [-0.4, -0.2) is 39.5 Å². The molecule has 0 saturated heterocycles. The number of carbonyl (C=O) groups is 1. The Balaban J connectivity index is 1.68. The Bertz CT molecular complexity index is 1260. The summed E-state index contributed by atoms with van der Waals surface area (Å²) in [7, 11) is 0. The first-order valence-electron chi connectivity index (χ1n) is 10.0. The molecule has 1 aromatic heterocycles. The average Bonchev–Trinajstić information content (AvgIpc) is 2.93. The van der Waals surface area contributed by atoms with Gasteiger partial charge in [0.25, 0.3) is 11.5 Å². The first-order chi connectivity index (χ1) is 15.7. The molecule has 174 valence electrons. The number of fused-ring (bicyclic) bond motifs is 1. The molecule has 2 N–H and O–H groups in total. The lowest BCUT2D eigenvalue weighted by Gasteiger charge is -2.17. The summed E-state index contributed by atoms with van der Waals surface area (Å²) in [5.41, 5.74) is -1.39. The number of ether oxygens (including phenoxy) is 1. The van der Waals surface area contributed by atoms with E-state index in [9.17, 15) is 27.9 Å². The van der Waals surface area contributed by atoms with Crippen molar-refractivity contribution < 1.29 is 27.8 Å². The van der Waals surface area contributed by atoms with Gasteiger partial charge in [0.15, 0.2) is 0 Å². The van der Waals surface area contributed by atoms with Gasteiger partial charge in [-0.05, 0) is 11.6 Å². The fourth-order valence-electron chi connectivity index (χ4n) is 3.63. The quantitative estimate of drug-likeness (QED) is 0.545. The molecule has 2 heterocycles. The van der Waals surface area contributed by atoms with Crippen molar-refractivity contribution in [1.29, 1.82) is 0 Å². The Kier molecular flexibility index (Phi) is 6.22. The largest absolute Gasteiger partial charge is 0.506 e. The molecule has 0 bridgehead atoms. The van der Waals surface area contributed by atoms with Gasteiger partial charge in [-0.1, -0.05) is 41.9 Å². The highest BCUT2D eigenvalue weighted by atomic mass is 35.5. The average molecular weight is 482 g/mol. The number of phenolic OH excluding ortho intramolecular Hbond substituents is 1. The topological polar surface area (TPSA) is 85.5 Å². The Labute approximate surface area is 190 Å². The molecule has 1 aliphatic heterocycles. The monoisotopic (exact) mass is 481 g/mol. The van der Waals surface area contributed by atoms with Crippen LogP contribution in [0.15, 0.2) is 47.3 Å². The highest BCUT2D eigenvalue weighted by molar-refractivity contribution is 6.32. The number of hydrogen-bond donors (Lipinski definition) is 2. The fraction of sp³-hybridized carbons (Fsp3) is 0.273. The number of alkyl halides is 2. The number of carbonyl (C=O) groups excluding carboxylic acids is 1. The summed E-state index contributed by atoms with van der Waals surface area (Å²) in [5, 5.41) is 11.9. The van der Waals surface area contributed by atoms with E-state index >= 15 is 0 Å². The van der Waals surface area contributed by atoms with Crippen LogP contribution in [0.1, 0.15) is 5.56 Å². The van der Waals surface area contributed by atoms with E-state index in [4.69, 9.17) is 16.3 Å². The molecular formula is C22H19ClF3N3O4. The lowest BCUT2D eigenvalue weighted by Crippen LogP contribution is -2.36. The molecule has 0 spiro atoms. The van der Waals surface area contributed by atoms with Gasteiger partial charge in [-0.25, -0.2) is 9.07 Å². The van der Waals surface area contributed by atoms with Crippen LogP contribution in [0.2, 0.25) is 5.15 Å². The minimum absolute atomic E-state index is 0.0678. The number of amides is 1. The zero-order chi connectivity index (χ0) is 23.8. The van der Waals surface area contributed by atoms with Crippen LogP contribution < -0.4 is 10.9 Å². The molecule has 0 radical (unpaired) electrons. The molecule has 7 nitrogen and oxygen atoms in total. The zero-order valence-electron chi connectivity index (χ0n) is 17.2. The van der Waals surface area contributed by atoms with E-state index in [1.807, 2.05) is 5.32 Å². The summed E-state index contributed by atoms with van der Waals surface area (Å²) in [5.74, 6) is -7.27. The van der Waals surface area contributed by atoms with Gasteiger partial charge in [-0.15, -0.1) is 0 Å². The van der Waals surface area contributed by atoms with Crippen LogP contribution in [0.25, 0.3) is 11.1 Å². The van der Waals surface area contributed by atoms with Gasteiger partial charge in [-0.2, -0.15) is 8.78 Å². The molecule has 0 fully saturated rings. The summed E-state index contributed by atoms with van der Waals surface area (Å²) in [6.07, 6.45) is -0.865. The van der Waals surface area contributed by atoms with E-state index in [1.54, 1.807) is 18.2 Å². The van der Waals surface area contributed by atoms with Gasteiger partial charge < -0.3 is 15.2 Å². The third-order valence-corrected chi connectivity index (χ3v) is 5.66. The van der Waals surface area contributed by atoms with E-state index in [1.165, 1.54) is 21.5 Å². The number of phenols is 1. The number of rotatable bonds is 5. The Hall–Kier alpha value is -3.24. The molecule has 1 amide bonds. The Morgan fingerprint density at radius 2 is 1.82 bits per heavy atom. The Morgan fingerprint density at radius 3 is 2.52 bits per heavy atom. The molecule has 0 atom stereocenters. The number of anilines is 1. The number of aromatic nitrogens is 2. The van der Waals surface area contributed by atoms with Gasteiger partial charge in [0.2, 0.25) is 0 Å². The minimum atomic E-state index is -3.81. The molecule has 0 saturated carbocycles. The molecule has 3 aromatic rings. The summed E-state index contributed by atoms with van der Waals surface area (Å²) in [4.78, 5) is 25.2. The van der Waals surface area contributed by atoms with Crippen molar-refractivity contribution in [3.8, 4) is 16.9 Å². The number of halogens is 4. The molecule has 33 heavy (non-hydrogen) atoms. The van der Waals surface area contributed by atoms with Crippen LogP contribution in [0, 0.1) is 5.82 Å². The molecule has 4 rings (SSSR count). The second-order valence-corrected chi connectivity index (χ2v) is 7.86. The van der Waals surface area contributed by atoms with Crippen LogP contribution in [0.5, 0.6) is 5.75 Å². The van der Waals surface area contributed by atoms with Gasteiger partial charge >= 0.3 is 5.92 Å². The third kappa shape index (κ3) is 4.49. The lowest BCUT2D eigenvalue weighted by molar-refractivity contribution is -0.139. The highest BCUT2D eigenvalue weighted by Crippen LogP contribution is 2.36. The van der Waals surface area contributed by atoms with Crippen LogP contribution in [0.4, 0.5) is 18.9 Å².